The Balaban J connectivity index is 1.61. The Morgan fingerprint density at radius 3 is 2.69 bits per heavy atom. The molecule has 0 bridgehead atoms. The number of anilines is 1. The third-order valence-electron chi connectivity index (χ3n) is 4.97. The van der Waals surface area contributed by atoms with Gasteiger partial charge in [0.2, 0.25) is 0 Å². The normalized spacial score (nSPS) is 15.0. The molecule has 6 nitrogen and oxygen atoms in total. The molecule has 2 aromatic rings. The lowest BCUT2D eigenvalue weighted by molar-refractivity contribution is 0.589. The second-order valence-corrected chi connectivity index (χ2v) is 6.59. The summed E-state index contributed by atoms with van der Waals surface area (Å²) in [5.74, 6) is 0.611. The molecule has 3 heterocycles. The molecule has 6 heteroatoms. The average molecular weight is 345 g/mol. The van der Waals surface area contributed by atoms with Crippen LogP contribution in [0.3, 0.4) is 0 Å². The number of aromatic nitrogens is 3. The predicted octanol–water partition coefficient (Wildman–Crippen LogP) is 2.43. The third kappa shape index (κ3) is 2.46. The minimum atomic E-state index is -0.118. The molecule has 0 amide bonds. The molecule has 1 saturated heterocycles. The van der Waals surface area contributed by atoms with Gasteiger partial charge in [0.1, 0.15) is 5.82 Å². The molecule has 5 rings (SSSR count). The summed E-state index contributed by atoms with van der Waals surface area (Å²) in [4.78, 5) is 25.8. The lowest BCUT2D eigenvalue weighted by atomic mass is 10.1. The fourth-order valence-electron chi connectivity index (χ4n) is 3.65. The molecule has 3 aliphatic rings. The number of hydrogen-bond acceptors (Lipinski definition) is 4. The number of fused-ring (bicyclic) bond motifs is 2. The van der Waals surface area contributed by atoms with Crippen molar-refractivity contribution in [2.75, 3.05) is 31.1 Å². The van der Waals surface area contributed by atoms with E-state index in [-0.39, 0.29) is 5.56 Å². The summed E-state index contributed by atoms with van der Waals surface area (Å²) in [5.41, 5.74) is 5.16. The molecule has 1 aromatic heterocycles. The molecule has 0 atom stereocenters. The number of hydrogen-bond donors (Lipinski definition) is 3. The summed E-state index contributed by atoms with van der Waals surface area (Å²) in [6.45, 7) is 3.98. The molecule has 0 saturated carbocycles. The van der Waals surface area contributed by atoms with Crippen molar-refractivity contribution in [1.82, 2.24) is 20.3 Å². The van der Waals surface area contributed by atoms with Crippen LogP contribution in [-0.4, -0.2) is 41.1 Å². The van der Waals surface area contributed by atoms with E-state index in [0.717, 1.165) is 48.5 Å². The van der Waals surface area contributed by atoms with Crippen molar-refractivity contribution in [3.63, 3.8) is 0 Å². The fourth-order valence-corrected chi connectivity index (χ4v) is 3.65. The molecular formula is C20H19N5O. The summed E-state index contributed by atoms with van der Waals surface area (Å²) in [6.07, 6.45) is 0. The first-order valence-corrected chi connectivity index (χ1v) is 8.86. The highest BCUT2D eigenvalue weighted by molar-refractivity contribution is 5.87. The first-order chi connectivity index (χ1) is 12.8. The zero-order valence-electron chi connectivity index (χ0n) is 14.2. The molecule has 3 N–H and O–H groups in total. The average Bonchev–Trinajstić information content (AvgIpc) is 3.13. The minimum Gasteiger partial charge on any atom is -0.369 e. The van der Waals surface area contributed by atoms with Crippen LogP contribution in [0.25, 0.3) is 33.7 Å². The van der Waals surface area contributed by atoms with Crippen molar-refractivity contribution in [3.8, 4) is 22.6 Å². The van der Waals surface area contributed by atoms with Gasteiger partial charge in [0.25, 0.3) is 5.56 Å². The van der Waals surface area contributed by atoms with Crippen molar-refractivity contribution in [1.29, 1.82) is 0 Å². The van der Waals surface area contributed by atoms with Gasteiger partial charge in [-0.05, 0) is 24.3 Å². The van der Waals surface area contributed by atoms with Crippen molar-refractivity contribution in [3.05, 3.63) is 58.9 Å². The Morgan fingerprint density at radius 2 is 1.81 bits per heavy atom. The van der Waals surface area contributed by atoms with Crippen LogP contribution in [-0.2, 0) is 0 Å². The van der Waals surface area contributed by atoms with Crippen LogP contribution >= 0.6 is 0 Å². The van der Waals surface area contributed by atoms with E-state index >= 15 is 0 Å². The summed E-state index contributed by atoms with van der Waals surface area (Å²) in [6, 6.07) is 15.9. The highest BCUT2D eigenvalue weighted by Gasteiger charge is 2.19. The molecule has 2 aliphatic heterocycles. The van der Waals surface area contributed by atoms with Crippen molar-refractivity contribution in [2.45, 2.75) is 0 Å². The van der Waals surface area contributed by atoms with E-state index in [1.54, 1.807) is 0 Å². The van der Waals surface area contributed by atoms with E-state index in [1.165, 1.54) is 5.69 Å². The third-order valence-corrected chi connectivity index (χ3v) is 4.97. The van der Waals surface area contributed by atoms with Crippen molar-refractivity contribution in [2.24, 2.45) is 0 Å². The molecule has 0 radical (unpaired) electrons. The Kier molecular flexibility index (Phi) is 3.50. The van der Waals surface area contributed by atoms with Gasteiger partial charge in [-0.15, -0.1) is 0 Å². The van der Waals surface area contributed by atoms with E-state index in [0.29, 0.717) is 11.4 Å². The van der Waals surface area contributed by atoms with Crippen LogP contribution in [0.5, 0.6) is 0 Å². The standard InChI is InChI=1S/C20H19N5O/c26-20-18(14-4-2-1-3-5-15(14)24-20)19-22-16-7-6-13(12-17(16)23-19)25-10-8-21-9-11-25/h1-7,12,21H,8-11H2,(H,22,23)(H,24,26). The Labute approximate surface area is 150 Å². The second-order valence-electron chi connectivity index (χ2n) is 6.59. The summed E-state index contributed by atoms with van der Waals surface area (Å²) in [7, 11) is 0. The monoisotopic (exact) mass is 345 g/mol. The summed E-state index contributed by atoms with van der Waals surface area (Å²) in [5, 5.41) is 3.37. The first-order valence-electron chi connectivity index (χ1n) is 8.86. The van der Waals surface area contributed by atoms with Crippen LogP contribution in [0.15, 0.2) is 53.3 Å². The van der Waals surface area contributed by atoms with E-state index in [1.807, 2.05) is 36.4 Å². The summed E-state index contributed by atoms with van der Waals surface area (Å²) < 4.78 is 0. The second kappa shape index (κ2) is 6.00. The van der Waals surface area contributed by atoms with Gasteiger partial charge in [-0.1, -0.05) is 24.3 Å². The molecule has 26 heavy (non-hydrogen) atoms. The van der Waals surface area contributed by atoms with E-state index in [4.69, 9.17) is 4.98 Å². The van der Waals surface area contributed by atoms with Crippen LogP contribution in [0.2, 0.25) is 0 Å². The molecular weight excluding hydrogens is 326 g/mol. The Bertz CT molecular complexity index is 1110. The zero-order chi connectivity index (χ0) is 17.5. The number of nitrogens with one attached hydrogen (secondary N) is 3. The smallest absolute Gasteiger partial charge is 0.260 e. The maximum absolute atomic E-state index is 12.5. The van der Waals surface area contributed by atoms with Gasteiger partial charge in [0, 0.05) is 43.1 Å². The number of imidazole rings is 1. The molecule has 0 unspecified atom stereocenters. The topological polar surface area (TPSA) is 76.8 Å². The van der Waals surface area contributed by atoms with Gasteiger partial charge < -0.3 is 20.2 Å². The molecule has 1 aliphatic carbocycles. The molecule has 130 valence electrons. The lowest BCUT2D eigenvalue weighted by Gasteiger charge is -2.29. The molecule has 0 spiro atoms. The van der Waals surface area contributed by atoms with Gasteiger partial charge in [0.15, 0.2) is 0 Å². The van der Waals surface area contributed by atoms with Crippen LogP contribution in [0.4, 0.5) is 5.69 Å². The molecule has 1 fully saturated rings. The largest absolute Gasteiger partial charge is 0.369 e. The van der Waals surface area contributed by atoms with Crippen LogP contribution in [0.1, 0.15) is 0 Å². The predicted molar refractivity (Wildman–Crippen MR) is 104 cm³/mol. The lowest BCUT2D eigenvalue weighted by Crippen LogP contribution is -2.43. The zero-order valence-corrected chi connectivity index (χ0v) is 14.2. The molecule has 1 aromatic carbocycles. The first kappa shape index (κ1) is 15.2. The highest BCUT2D eigenvalue weighted by atomic mass is 16.1. The van der Waals surface area contributed by atoms with Gasteiger partial charge in [0.05, 0.1) is 16.6 Å². The van der Waals surface area contributed by atoms with Gasteiger partial charge in [-0.2, -0.15) is 0 Å². The fraction of sp³-hybridized carbons (Fsp3) is 0.200. The maximum atomic E-state index is 12.5. The van der Waals surface area contributed by atoms with Gasteiger partial charge in [-0.3, -0.25) is 4.79 Å². The van der Waals surface area contributed by atoms with E-state index < -0.39 is 0 Å². The number of H-pyrrole nitrogens is 2. The van der Waals surface area contributed by atoms with E-state index in [9.17, 15) is 4.79 Å². The highest BCUT2D eigenvalue weighted by Crippen LogP contribution is 2.30. The van der Waals surface area contributed by atoms with E-state index in [2.05, 4.69) is 32.3 Å². The minimum absolute atomic E-state index is 0.118. The number of piperazine rings is 1. The number of benzene rings is 1. The van der Waals surface area contributed by atoms with Crippen molar-refractivity contribution >= 4 is 16.7 Å². The Morgan fingerprint density at radius 1 is 0.962 bits per heavy atom. The Hall–Kier alpha value is -3.12. The number of nitrogens with zero attached hydrogens (tertiary/aromatic N) is 2. The van der Waals surface area contributed by atoms with Gasteiger partial charge >= 0.3 is 0 Å². The number of rotatable bonds is 2. The van der Waals surface area contributed by atoms with Crippen LogP contribution < -0.4 is 15.8 Å². The van der Waals surface area contributed by atoms with Crippen molar-refractivity contribution < 1.29 is 0 Å². The summed E-state index contributed by atoms with van der Waals surface area (Å²) >= 11 is 0. The van der Waals surface area contributed by atoms with Crippen LogP contribution in [0, 0.1) is 0 Å². The maximum Gasteiger partial charge on any atom is 0.260 e. The number of aromatic amines is 2. The quantitative estimate of drug-likeness (QED) is 0.521. The van der Waals surface area contributed by atoms with Gasteiger partial charge in [-0.25, -0.2) is 4.98 Å². The SMILES string of the molecule is O=c1[nH]c2cccccc-2c1-c1nc2cc(N3CCNCC3)ccc2[nH]1.